The van der Waals surface area contributed by atoms with Crippen LogP contribution in [0, 0.1) is 0 Å². The van der Waals surface area contributed by atoms with Gasteiger partial charge >= 0.3 is 0 Å². The van der Waals surface area contributed by atoms with E-state index in [1.807, 2.05) is 12.3 Å². The van der Waals surface area contributed by atoms with E-state index in [1.54, 1.807) is 0 Å². The average Bonchev–Trinajstić information content (AvgIpc) is 2.79. The Morgan fingerprint density at radius 2 is 2.25 bits per heavy atom. The molecular formula is C10H12ClN5. The fourth-order valence-corrected chi connectivity index (χ4v) is 2.15. The van der Waals surface area contributed by atoms with Gasteiger partial charge in [-0.05, 0) is 6.07 Å². The molecule has 0 radical (unpaired) electrons. The maximum Gasteiger partial charge on any atom is 0.150 e. The summed E-state index contributed by atoms with van der Waals surface area (Å²) >= 11 is 6.10. The van der Waals surface area contributed by atoms with Gasteiger partial charge in [-0.25, -0.2) is 9.97 Å². The highest BCUT2D eigenvalue weighted by Crippen LogP contribution is 2.21. The smallest absolute Gasteiger partial charge is 0.150 e. The zero-order valence-corrected chi connectivity index (χ0v) is 9.38. The summed E-state index contributed by atoms with van der Waals surface area (Å²) in [5, 5.41) is 8.04. The molecule has 84 valence electrons. The van der Waals surface area contributed by atoms with E-state index in [0.717, 1.165) is 36.5 Å². The molecule has 2 aromatic heterocycles. The number of nitrogens with one attached hydrogen (secondary N) is 3. The van der Waals surface area contributed by atoms with Crippen LogP contribution in [0.3, 0.4) is 0 Å². The van der Waals surface area contributed by atoms with Crippen LogP contribution < -0.4 is 10.6 Å². The van der Waals surface area contributed by atoms with Crippen LogP contribution in [0.15, 0.2) is 12.3 Å². The van der Waals surface area contributed by atoms with Gasteiger partial charge < -0.3 is 15.6 Å². The maximum absolute atomic E-state index is 6.10. The second-order valence-electron chi connectivity index (χ2n) is 3.82. The molecule has 0 spiro atoms. The first-order chi connectivity index (χ1) is 7.84. The molecule has 0 aromatic carbocycles. The van der Waals surface area contributed by atoms with Crippen LogP contribution in [0.25, 0.3) is 11.0 Å². The molecule has 0 bridgehead atoms. The number of nitrogens with zero attached hydrogens (tertiary/aromatic N) is 2. The summed E-state index contributed by atoms with van der Waals surface area (Å²) in [7, 11) is 0. The quantitative estimate of drug-likeness (QED) is 0.644. The van der Waals surface area contributed by atoms with Crippen LogP contribution in [0.4, 0.5) is 0 Å². The number of hydrogen-bond acceptors (Lipinski definition) is 4. The van der Waals surface area contributed by atoms with Gasteiger partial charge in [0.2, 0.25) is 0 Å². The Kier molecular flexibility index (Phi) is 2.51. The lowest BCUT2D eigenvalue weighted by Crippen LogP contribution is -2.43. The molecule has 3 heterocycles. The highest BCUT2D eigenvalue weighted by Gasteiger charge is 2.18. The molecule has 16 heavy (non-hydrogen) atoms. The predicted octanol–water partition coefficient (Wildman–Crippen LogP) is 0.845. The Morgan fingerprint density at radius 1 is 1.31 bits per heavy atom. The number of halogens is 1. The van der Waals surface area contributed by atoms with Crippen molar-refractivity contribution in [1.82, 2.24) is 25.6 Å². The molecule has 3 rings (SSSR count). The minimum Gasteiger partial charge on any atom is -0.346 e. The third-order valence-electron chi connectivity index (χ3n) is 2.74. The number of piperazine rings is 1. The van der Waals surface area contributed by atoms with E-state index in [0.29, 0.717) is 5.15 Å². The number of aromatic nitrogens is 3. The largest absolute Gasteiger partial charge is 0.346 e. The number of fused-ring (bicyclic) bond motifs is 1. The van der Waals surface area contributed by atoms with Crippen molar-refractivity contribution in [1.29, 1.82) is 0 Å². The molecule has 1 saturated heterocycles. The van der Waals surface area contributed by atoms with Crippen molar-refractivity contribution < 1.29 is 0 Å². The highest BCUT2D eigenvalue weighted by molar-refractivity contribution is 6.33. The molecule has 1 aliphatic heterocycles. The topological polar surface area (TPSA) is 65.6 Å². The molecule has 1 unspecified atom stereocenters. The van der Waals surface area contributed by atoms with Gasteiger partial charge in [0, 0.05) is 25.8 Å². The fourth-order valence-electron chi connectivity index (χ4n) is 1.91. The van der Waals surface area contributed by atoms with Crippen molar-refractivity contribution in [2.24, 2.45) is 0 Å². The molecule has 1 atom stereocenters. The molecular weight excluding hydrogens is 226 g/mol. The summed E-state index contributed by atoms with van der Waals surface area (Å²) in [5.41, 5.74) is 0.794. The molecule has 0 saturated carbocycles. The molecule has 0 aliphatic carbocycles. The van der Waals surface area contributed by atoms with E-state index in [-0.39, 0.29) is 6.04 Å². The zero-order chi connectivity index (χ0) is 11.0. The standard InChI is InChI=1S/C10H12ClN5/c11-8-6-1-2-14-9(6)16-10(15-8)7-5-12-3-4-13-7/h1-2,7,12-13H,3-5H2,(H,14,15,16). The lowest BCUT2D eigenvalue weighted by atomic mass is 10.2. The van der Waals surface area contributed by atoms with E-state index in [1.165, 1.54) is 0 Å². The Balaban J connectivity index is 2.02. The van der Waals surface area contributed by atoms with Crippen molar-refractivity contribution >= 4 is 22.6 Å². The number of H-pyrrole nitrogens is 1. The summed E-state index contributed by atoms with van der Waals surface area (Å²) < 4.78 is 0. The van der Waals surface area contributed by atoms with Crippen molar-refractivity contribution in [3.8, 4) is 0 Å². The van der Waals surface area contributed by atoms with E-state index >= 15 is 0 Å². The average molecular weight is 238 g/mol. The number of rotatable bonds is 1. The summed E-state index contributed by atoms with van der Waals surface area (Å²) in [6, 6.07) is 2.02. The van der Waals surface area contributed by atoms with Crippen molar-refractivity contribution in [3.63, 3.8) is 0 Å². The van der Waals surface area contributed by atoms with E-state index in [2.05, 4.69) is 25.6 Å². The van der Waals surface area contributed by atoms with Crippen LogP contribution in [-0.4, -0.2) is 34.6 Å². The van der Waals surface area contributed by atoms with E-state index in [9.17, 15) is 0 Å². The van der Waals surface area contributed by atoms with Gasteiger partial charge in [0.1, 0.15) is 10.8 Å². The molecule has 3 N–H and O–H groups in total. The summed E-state index contributed by atoms with van der Waals surface area (Å²) in [4.78, 5) is 11.9. The van der Waals surface area contributed by atoms with Gasteiger partial charge in [0.25, 0.3) is 0 Å². The summed E-state index contributed by atoms with van der Waals surface area (Å²) in [5.74, 6) is 0.743. The first kappa shape index (κ1) is 10.0. The Labute approximate surface area is 97.6 Å². The Hall–Kier alpha value is -1.17. The molecule has 1 aliphatic rings. The molecule has 5 nitrogen and oxygen atoms in total. The van der Waals surface area contributed by atoms with Crippen LogP contribution in [0.2, 0.25) is 5.15 Å². The van der Waals surface area contributed by atoms with E-state index < -0.39 is 0 Å². The van der Waals surface area contributed by atoms with Gasteiger partial charge in [0.05, 0.1) is 11.4 Å². The zero-order valence-electron chi connectivity index (χ0n) is 8.63. The first-order valence-electron chi connectivity index (χ1n) is 5.29. The lowest BCUT2D eigenvalue weighted by molar-refractivity contribution is 0.416. The number of aromatic amines is 1. The monoisotopic (exact) mass is 237 g/mol. The van der Waals surface area contributed by atoms with Crippen LogP contribution in [0.5, 0.6) is 0 Å². The fraction of sp³-hybridized carbons (Fsp3) is 0.400. The van der Waals surface area contributed by atoms with Crippen molar-refractivity contribution in [2.45, 2.75) is 6.04 Å². The maximum atomic E-state index is 6.10. The third-order valence-corrected chi connectivity index (χ3v) is 3.03. The predicted molar refractivity (Wildman–Crippen MR) is 62.5 cm³/mol. The minimum absolute atomic E-state index is 0.138. The summed E-state index contributed by atoms with van der Waals surface area (Å²) in [6.07, 6.45) is 1.82. The van der Waals surface area contributed by atoms with Gasteiger partial charge in [-0.1, -0.05) is 11.6 Å². The number of hydrogen-bond donors (Lipinski definition) is 3. The normalized spacial score (nSPS) is 21.4. The SMILES string of the molecule is Clc1nc(C2CNCCN2)nc2[nH]ccc12. The highest BCUT2D eigenvalue weighted by atomic mass is 35.5. The van der Waals surface area contributed by atoms with Gasteiger partial charge in [-0.15, -0.1) is 0 Å². The minimum atomic E-state index is 0.138. The van der Waals surface area contributed by atoms with Gasteiger partial charge in [0.15, 0.2) is 5.82 Å². The molecule has 0 amide bonds. The van der Waals surface area contributed by atoms with Gasteiger partial charge in [-0.2, -0.15) is 0 Å². The second kappa shape index (κ2) is 4.01. The lowest BCUT2D eigenvalue weighted by Gasteiger charge is -2.23. The molecule has 2 aromatic rings. The third kappa shape index (κ3) is 1.67. The second-order valence-corrected chi connectivity index (χ2v) is 4.18. The van der Waals surface area contributed by atoms with Crippen molar-refractivity contribution in [3.05, 3.63) is 23.2 Å². The summed E-state index contributed by atoms with van der Waals surface area (Å²) in [6.45, 7) is 2.74. The van der Waals surface area contributed by atoms with Crippen molar-refractivity contribution in [2.75, 3.05) is 19.6 Å². The van der Waals surface area contributed by atoms with Crippen LogP contribution >= 0.6 is 11.6 Å². The van der Waals surface area contributed by atoms with Crippen LogP contribution in [0.1, 0.15) is 11.9 Å². The first-order valence-corrected chi connectivity index (χ1v) is 5.67. The van der Waals surface area contributed by atoms with Gasteiger partial charge in [-0.3, -0.25) is 0 Å². The Bertz CT molecular complexity index is 503. The van der Waals surface area contributed by atoms with E-state index in [4.69, 9.17) is 11.6 Å². The Morgan fingerprint density at radius 3 is 3.06 bits per heavy atom. The molecule has 1 fully saturated rings. The molecule has 6 heteroatoms. The van der Waals surface area contributed by atoms with Crippen LogP contribution in [-0.2, 0) is 0 Å².